The Kier molecular flexibility index (Phi) is 3.23. The van der Waals surface area contributed by atoms with Crippen LogP contribution in [0.2, 0.25) is 0 Å². The van der Waals surface area contributed by atoms with Crippen molar-refractivity contribution >= 4 is 17.3 Å². The maximum absolute atomic E-state index is 7.60. The first-order chi connectivity index (χ1) is 8.61. The van der Waals surface area contributed by atoms with Crippen molar-refractivity contribution in [3.63, 3.8) is 0 Å². The third kappa shape index (κ3) is 2.15. The minimum absolute atomic E-state index is 0.0407. The van der Waals surface area contributed by atoms with Crippen molar-refractivity contribution in [1.29, 1.82) is 5.41 Å². The molecule has 1 aromatic carbocycles. The zero-order chi connectivity index (χ0) is 13.1. The van der Waals surface area contributed by atoms with Gasteiger partial charge in [0.05, 0.1) is 11.4 Å². The molecule has 0 spiro atoms. The van der Waals surface area contributed by atoms with Crippen LogP contribution in [0.15, 0.2) is 36.7 Å². The lowest BCUT2D eigenvalue weighted by molar-refractivity contribution is 1.04. The first-order valence-corrected chi connectivity index (χ1v) is 5.56. The lowest BCUT2D eigenvalue weighted by Crippen LogP contribution is -2.20. The van der Waals surface area contributed by atoms with E-state index in [2.05, 4.69) is 9.97 Å². The minimum Gasteiger partial charge on any atom is -0.384 e. The average Bonchev–Trinajstić information content (AvgIpc) is 2.38. The Bertz CT molecular complexity index is 579. The molecule has 0 saturated heterocycles. The summed E-state index contributed by atoms with van der Waals surface area (Å²) in [4.78, 5) is 10.4. The third-order valence-electron chi connectivity index (χ3n) is 2.73. The molecule has 2 aromatic rings. The lowest BCUT2D eigenvalue weighted by Gasteiger charge is -2.22. The second kappa shape index (κ2) is 4.83. The van der Waals surface area contributed by atoms with Gasteiger partial charge in [-0.05, 0) is 19.1 Å². The van der Waals surface area contributed by atoms with Crippen molar-refractivity contribution < 1.29 is 0 Å². The Morgan fingerprint density at radius 1 is 1.22 bits per heavy atom. The van der Waals surface area contributed by atoms with Crippen LogP contribution in [0.5, 0.6) is 0 Å². The third-order valence-corrected chi connectivity index (χ3v) is 2.73. The van der Waals surface area contributed by atoms with E-state index < -0.39 is 0 Å². The molecule has 0 aliphatic heterocycles. The smallest absolute Gasteiger partial charge is 0.154 e. The van der Waals surface area contributed by atoms with Gasteiger partial charge in [-0.2, -0.15) is 0 Å². The molecule has 2 rings (SSSR count). The Labute approximate surface area is 106 Å². The van der Waals surface area contributed by atoms with Crippen molar-refractivity contribution in [1.82, 2.24) is 9.97 Å². The highest BCUT2D eigenvalue weighted by Gasteiger charge is 2.13. The lowest BCUT2D eigenvalue weighted by atomic mass is 10.1. The van der Waals surface area contributed by atoms with Gasteiger partial charge in [-0.1, -0.05) is 12.1 Å². The van der Waals surface area contributed by atoms with Gasteiger partial charge in [-0.25, -0.2) is 4.98 Å². The molecule has 18 heavy (non-hydrogen) atoms. The van der Waals surface area contributed by atoms with Crippen molar-refractivity contribution in [2.75, 3.05) is 11.9 Å². The summed E-state index contributed by atoms with van der Waals surface area (Å²) in [6, 6.07) is 7.49. The van der Waals surface area contributed by atoms with Crippen LogP contribution in [0.25, 0.3) is 0 Å². The predicted octanol–water partition coefficient (Wildman–Crippen LogP) is 1.84. The van der Waals surface area contributed by atoms with Gasteiger partial charge in [0.2, 0.25) is 0 Å². The van der Waals surface area contributed by atoms with Crippen molar-refractivity contribution in [2.24, 2.45) is 5.73 Å². The van der Waals surface area contributed by atoms with Crippen LogP contribution >= 0.6 is 0 Å². The molecule has 0 aliphatic carbocycles. The van der Waals surface area contributed by atoms with E-state index in [1.165, 1.54) is 0 Å². The molecule has 0 radical (unpaired) electrons. The summed E-state index contributed by atoms with van der Waals surface area (Å²) in [5.41, 5.74) is 7.95. The first kappa shape index (κ1) is 12.0. The van der Waals surface area contributed by atoms with Crippen molar-refractivity contribution in [2.45, 2.75) is 6.92 Å². The average molecular weight is 241 g/mol. The van der Waals surface area contributed by atoms with Gasteiger partial charge in [-0.15, -0.1) is 0 Å². The first-order valence-electron chi connectivity index (χ1n) is 5.56. The van der Waals surface area contributed by atoms with E-state index in [1.807, 2.05) is 43.1 Å². The quantitative estimate of drug-likeness (QED) is 0.634. The molecule has 1 aromatic heterocycles. The molecule has 0 saturated carbocycles. The maximum atomic E-state index is 7.60. The number of nitrogens with two attached hydrogens (primary N) is 1. The molecule has 5 nitrogen and oxygen atoms in total. The SMILES string of the molecule is Cc1nccnc1N(C)c1ccccc1C(=N)N. The van der Waals surface area contributed by atoms with Crippen LogP contribution in [0.4, 0.5) is 11.5 Å². The summed E-state index contributed by atoms with van der Waals surface area (Å²) in [6.07, 6.45) is 3.30. The standard InChI is InChI=1S/C13H15N5/c1-9-13(17-8-7-16-9)18(2)11-6-4-3-5-10(11)12(14)15/h3-8H,1-2H3,(H3,14,15). The van der Waals surface area contributed by atoms with Gasteiger partial charge >= 0.3 is 0 Å². The van der Waals surface area contributed by atoms with Gasteiger partial charge in [0.25, 0.3) is 0 Å². The second-order valence-corrected chi connectivity index (χ2v) is 3.96. The van der Waals surface area contributed by atoms with E-state index >= 15 is 0 Å². The Morgan fingerprint density at radius 3 is 2.56 bits per heavy atom. The monoisotopic (exact) mass is 241 g/mol. The fraction of sp³-hybridized carbons (Fsp3) is 0.154. The molecule has 0 unspecified atom stereocenters. The highest BCUT2D eigenvalue weighted by Crippen LogP contribution is 2.26. The number of aromatic nitrogens is 2. The van der Waals surface area contributed by atoms with E-state index in [9.17, 15) is 0 Å². The fourth-order valence-corrected chi connectivity index (χ4v) is 1.84. The summed E-state index contributed by atoms with van der Waals surface area (Å²) in [5, 5.41) is 7.60. The number of amidine groups is 1. The van der Waals surface area contributed by atoms with Crippen LogP contribution in [-0.4, -0.2) is 22.9 Å². The van der Waals surface area contributed by atoms with Crippen molar-refractivity contribution in [3.8, 4) is 0 Å². The molecule has 1 heterocycles. The van der Waals surface area contributed by atoms with E-state index in [-0.39, 0.29) is 5.84 Å². The molecule has 92 valence electrons. The summed E-state index contributed by atoms with van der Waals surface area (Å²) in [7, 11) is 1.89. The zero-order valence-corrected chi connectivity index (χ0v) is 10.4. The number of rotatable bonds is 3. The summed E-state index contributed by atoms with van der Waals surface area (Å²) in [6.45, 7) is 1.90. The van der Waals surface area contributed by atoms with E-state index in [0.29, 0.717) is 5.56 Å². The minimum atomic E-state index is 0.0407. The number of nitrogens with zero attached hydrogens (tertiary/aromatic N) is 3. The maximum Gasteiger partial charge on any atom is 0.154 e. The van der Waals surface area contributed by atoms with Crippen LogP contribution < -0.4 is 10.6 Å². The summed E-state index contributed by atoms with van der Waals surface area (Å²) < 4.78 is 0. The van der Waals surface area contributed by atoms with Crippen LogP contribution in [0.1, 0.15) is 11.3 Å². The molecule has 0 bridgehead atoms. The van der Waals surface area contributed by atoms with Crippen LogP contribution in [0.3, 0.4) is 0 Å². The number of aryl methyl sites for hydroxylation is 1. The molecule has 5 heteroatoms. The van der Waals surface area contributed by atoms with Gasteiger partial charge < -0.3 is 10.6 Å². The van der Waals surface area contributed by atoms with Crippen LogP contribution in [0, 0.1) is 12.3 Å². The summed E-state index contributed by atoms with van der Waals surface area (Å²) >= 11 is 0. The number of anilines is 2. The molecule has 0 fully saturated rings. The van der Waals surface area contributed by atoms with Gasteiger partial charge in [0, 0.05) is 25.0 Å². The Morgan fingerprint density at radius 2 is 1.89 bits per heavy atom. The number of nitrogen functional groups attached to an aromatic ring is 1. The molecule has 3 N–H and O–H groups in total. The molecule has 0 atom stereocenters. The highest BCUT2D eigenvalue weighted by atomic mass is 15.2. The molecular formula is C13H15N5. The number of hydrogen-bond donors (Lipinski definition) is 2. The molecular weight excluding hydrogens is 226 g/mol. The Hall–Kier alpha value is -2.43. The predicted molar refractivity (Wildman–Crippen MR) is 72.3 cm³/mol. The fourth-order valence-electron chi connectivity index (χ4n) is 1.84. The molecule has 0 aliphatic rings. The number of para-hydroxylation sites is 1. The van der Waals surface area contributed by atoms with Gasteiger partial charge in [0.1, 0.15) is 5.84 Å². The topological polar surface area (TPSA) is 78.9 Å². The molecule has 0 amide bonds. The Balaban J connectivity index is 2.50. The highest BCUT2D eigenvalue weighted by molar-refractivity contribution is 6.01. The van der Waals surface area contributed by atoms with Crippen LogP contribution in [-0.2, 0) is 0 Å². The largest absolute Gasteiger partial charge is 0.384 e. The number of hydrogen-bond acceptors (Lipinski definition) is 4. The number of nitrogens with one attached hydrogen (secondary N) is 1. The second-order valence-electron chi connectivity index (χ2n) is 3.96. The van der Waals surface area contributed by atoms with E-state index in [0.717, 1.165) is 17.2 Å². The van der Waals surface area contributed by atoms with Gasteiger partial charge in [-0.3, -0.25) is 10.4 Å². The summed E-state index contributed by atoms with van der Waals surface area (Å²) in [5.74, 6) is 0.796. The van der Waals surface area contributed by atoms with E-state index in [1.54, 1.807) is 12.4 Å². The normalized spacial score (nSPS) is 10.1. The zero-order valence-electron chi connectivity index (χ0n) is 10.4. The number of benzene rings is 1. The van der Waals surface area contributed by atoms with Gasteiger partial charge in [0.15, 0.2) is 5.82 Å². The van der Waals surface area contributed by atoms with E-state index in [4.69, 9.17) is 11.1 Å². The van der Waals surface area contributed by atoms with Crippen molar-refractivity contribution in [3.05, 3.63) is 47.9 Å².